The van der Waals surface area contributed by atoms with E-state index >= 15 is 0 Å². The smallest absolute Gasteiger partial charge is 0.234 e. The highest BCUT2D eigenvalue weighted by molar-refractivity contribution is 8.01. The summed E-state index contributed by atoms with van der Waals surface area (Å²) < 4.78 is 27.4. The van der Waals surface area contributed by atoms with Crippen LogP contribution in [0.2, 0.25) is 0 Å². The Morgan fingerprint density at radius 1 is 1.32 bits per heavy atom. The number of thioether (sulfide) groups is 1. The van der Waals surface area contributed by atoms with Gasteiger partial charge in [0.2, 0.25) is 11.0 Å². The molecule has 0 saturated carbocycles. The third kappa shape index (κ3) is 4.63. The monoisotopic (exact) mass is 344 g/mol. The first-order valence-corrected chi connectivity index (χ1v) is 8.22. The van der Waals surface area contributed by atoms with Crippen molar-refractivity contribution in [3.8, 4) is 0 Å². The fourth-order valence-corrected chi connectivity index (χ4v) is 3.19. The number of para-hydroxylation sites is 1. The predicted octanol–water partition coefficient (Wildman–Crippen LogP) is 3.37. The number of benzene rings is 1. The number of halogens is 2. The summed E-state index contributed by atoms with van der Waals surface area (Å²) in [5.41, 5.74) is -0.437. The molecule has 2 rings (SSSR count). The first kappa shape index (κ1) is 16.6. The Hall–Kier alpha value is -1.74. The van der Waals surface area contributed by atoms with Gasteiger partial charge in [-0.3, -0.25) is 4.79 Å². The van der Waals surface area contributed by atoms with Gasteiger partial charge in [-0.25, -0.2) is 8.78 Å². The topological polar surface area (TPSA) is 66.9 Å². The minimum absolute atomic E-state index is 0.00984. The van der Waals surface area contributed by atoms with Crippen molar-refractivity contribution < 1.29 is 13.6 Å². The molecule has 2 N–H and O–H groups in total. The number of nitrogens with zero attached hydrogens (tertiary/aromatic N) is 2. The molecule has 1 amide bonds. The second-order valence-electron chi connectivity index (χ2n) is 4.61. The SMILES string of the molecule is CC(C)Nc1nnc(SCC(=O)Nc2c(F)cccc2F)s1. The molecule has 0 bridgehead atoms. The number of hydrogen-bond donors (Lipinski definition) is 2. The van der Waals surface area contributed by atoms with Crippen LogP contribution in [0.15, 0.2) is 22.5 Å². The molecule has 0 unspecified atom stereocenters. The molecule has 0 fully saturated rings. The molecule has 5 nitrogen and oxygen atoms in total. The molecular formula is C13H14F2N4OS2. The molecule has 1 aromatic heterocycles. The standard InChI is InChI=1S/C13H14F2N4OS2/c1-7(2)16-12-18-19-13(22-12)21-6-10(20)17-11-8(14)4-3-5-9(11)15/h3-5,7H,6H2,1-2H3,(H,16,18)(H,17,20). The van der Waals surface area contributed by atoms with E-state index in [1.54, 1.807) is 0 Å². The van der Waals surface area contributed by atoms with Gasteiger partial charge in [-0.15, -0.1) is 10.2 Å². The van der Waals surface area contributed by atoms with Gasteiger partial charge < -0.3 is 10.6 Å². The molecular weight excluding hydrogens is 330 g/mol. The molecule has 118 valence electrons. The number of aromatic nitrogens is 2. The van der Waals surface area contributed by atoms with Crippen LogP contribution in [0, 0.1) is 11.6 Å². The normalized spacial score (nSPS) is 10.8. The van der Waals surface area contributed by atoms with Crippen molar-refractivity contribution in [2.75, 3.05) is 16.4 Å². The highest BCUT2D eigenvalue weighted by Gasteiger charge is 2.13. The Morgan fingerprint density at radius 3 is 2.64 bits per heavy atom. The first-order chi connectivity index (χ1) is 10.5. The summed E-state index contributed by atoms with van der Waals surface area (Å²) in [6.07, 6.45) is 0. The number of nitrogens with one attached hydrogen (secondary N) is 2. The number of amides is 1. The first-order valence-electron chi connectivity index (χ1n) is 6.42. The Kier molecular flexibility index (Phi) is 5.67. The highest BCUT2D eigenvalue weighted by Crippen LogP contribution is 2.26. The van der Waals surface area contributed by atoms with E-state index in [0.29, 0.717) is 9.47 Å². The average Bonchev–Trinajstić information content (AvgIpc) is 2.87. The van der Waals surface area contributed by atoms with Crippen LogP contribution in [0.4, 0.5) is 19.6 Å². The number of hydrogen-bond acceptors (Lipinski definition) is 6. The van der Waals surface area contributed by atoms with Crippen molar-refractivity contribution in [2.24, 2.45) is 0 Å². The van der Waals surface area contributed by atoms with Crippen LogP contribution in [0.25, 0.3) is 0 Å². The number of carbonyl (C=O) groups is 1. The third-order valence-corrected chi connectivity index (χ3v) is 4.36. The Balaban J connectivity index is 1.89. The lowest BCUT2D eigenvalue weighted by atomic mass is 10.3. The van der Waals surface area contributed by atoms with Gasteiger partial charge in [0, 0.05) is 6.04 Å². The second kappa shape index (κ2) is 7.50. The summed E-state index contributed by atoms with van der Waals surface area (Å²) in [7, 11) is 0. The molecule has 9 heteroatoms. The van der Waals surface area contributed by atoms with E-state index in [1.165, 1.54) is 17.4 Å². The minimum Gasteiger partial charge on any atom is -0.358 e. The highest BCUT2D eigenvalue weighted by atomic mass is 32.2. The number of anilines is 2. The van der Waals surface area contributed by atoms with Crippen LogP contribution in [-0.2, 0) is 4.79 Å². The zero-order valence-corrected chi connectivity index (χ0v) is 13.5. The maximum absolute atomic E-state index is 13.4. The van der Waals surface area contributed by atoms with Gasteiger partial charge in [0.05, 0.1) is 5.75 Å². The lowest BCUT2D eigenvalue weighted by Gasteiger charge is -2.06. The van der Waals surface area contributed by atoms with Crippen molar-refractivity contribution in [1.82, 2.24) is 10.2 Å². The van der Waals surface area contributed by atoms with Crippen molar-refractivity contribution in [2.45, 2.75) is 24.2 Å². The minimum atomic E-state index is -0.808. The largest absolute Gasteiger partial charge is 0.358 e. The zero-order chi connectivity index (χ0) is 16.1. The molecule has 0 aliphatic rings. The van der Waals surface area contributed by atoms with Crippen molar-refractivity contribution >= 4 is 39.8 Å². The zero-order valence-electron chi connectivity index (χ0n) is 11.9. The quantitative estimate of drug-likeness (QED) is 0.787. The summed E-state index contributed by atoms with van der Waals surface area (Å²) in [6, 6.07) is 3.64. The van der Waals surface area contributed by atoms with E-state index in [1.807, 2.05) is 13.8 Å². The van der Waals surface area contributed by atoms with Gasteiger partial charge in [-0.1, -0.05) is 29.2 Å². The van der Waals surface area contributed by atoms with Crippen LogP contribution >= 0.6 is 23.1 Å². The van der Waals surface area contributed by atoms with Gasteiger partial charge in [0.25, 0.3) is 0 Å². The summed E-state index contributed by atoms with van der Waals surface area (Å²) in [6.45, 7) is 3.95. The van der Waals surface area contributed by atoms with Gasteiger partial charge >= 0.3 is 0 Å². The lowest BCUT2D eigenvalue weighted by Crippen LogP contribution is -2.16. The molecule has 0 aliphatic carbocycles. The van der Waals surface area contributed by atoms with E-state index in [-0.39, 0.29) is 11.8 Å². The van der Waals surface area contributed by atoms with Crippen LogP contribution in [-0.4, -0.2) is 27.9 Å². The molecule has 1 aromatic carbocycles. The molecule has 0 atom stereocenters. The van der Waals surface area contributed by atoms with Gasteiger partial charge in [-0.2, -0.15) is 0 Å². The van der Waals surface area contributed by atoms with Gasteiger partial charge in [-0.05, 0) is 26.0 Å². The van der Waals surface area contributed by atoms with Crippen LogP contribution < -0.4 is 10.6 Å². The van der Waals surface area contributed by atoms with Crippen LogP contribution in [0.3, 0.4) is 0 Å². The van der Waals surface area contributed by atoms with Crippen molar-refractivity contribution in [3.05, 3.63) is 29.8 Å². The third-order valence-electron chi connectivity index (χ3n) is 2.37. The van der Waals surface area contributed by atoms with E-state index < -0.39 is 23.2 Å². The second-order valence-corrected chi connectivity index (χ2v) is 6.81. The van der Waals surface area contributed by atoms with E-state index in [2.05, 4.69) is 20.8 Å². The molecule has 1 heterocycles. The molecule has 2 aromatic rings. The fourth-order valence-electron chi connectivity index (χ4n) is 1.49. The van der Waals surface area contributed by atoms with Gasteiger partial charge in [0.1, 0.15) is 17.3 Å². The lowest BCUT2D eigenvalue weighted by molar-refractivity contribution is -0.113. The maximum Gasteiger partial charge on any atom is 0.234 e. The van der Waals surface area contributed by atoms with Crippen molar-refractivity contribution in [3.63, 3.8) is 0 Å². The molecule has 0 aliphatic heterocycles. The Bertz CT molecular complexity index is 643. The Labute approximate surface area is 134 Å². The molecule has 0 spiro atoms. The summed E-state index contributed by atoms with van der Waals surface area (Å²) in [4.78, 5) is 11.8. The van der Waals surface area contributed by atoms with E-state index in [0.717, 1.165) is 23.9 Å². The summed E-state index contributed by atoms with van der Waals surface area (Å²) in [5, 5.41) is 13.8. The van der Waals surface area contributed by atoms with E-state index in [9.17, 15) is 13.6 Å². The number of carbonyl (C=O) groups excluding carboxylic acids is 1. The summed E-state index contributed by atoms with van der Waals surface area (Å²) >= 11 is 2.47. The maximum atomic E-state index is 13.4. The molecule has 0 radical (unpaired) electrons. The molecule has 22 heavy (non-hydrogen) atoms. The average molecular weight is 344 g/mol. The van der Waals surface area contributed by atoms with E-state index in [4.69, 9.17) is 0 Å². The van der Waals surface area contributed by atoms with Crippen molar-refractivity contribution in [1.29, 1.82) is 0 Å². The molecule has 0 saturated heterocycles. The summed E-state index contributed by atoms with van der Waals surface area (Å²) in [5.74, 6) is -2.14. The Morgan fingerprint density at radius 2 is 2.00 bits per heavy atom. The van der Waals surface area contributed by atoms with Gasteiger partial charge in [0.15, 0.2) is 4.34 Å². The number of rotatable bonds is 6. The van der Waals surface area contributed by atoms with Crippen LogP contribution in [0.5, 0.6) is 0 Å². The van der Waals surface area contributed by atoms with Crippen LogP contribution in [0.1, 0.15) is 13.8 Å². The fraction of sp³-hybridized carbons (Fsp3) is 0.308. The predicted molar refractivity (Wildman–Crippen MR) is 84.4 cm³/mol.